The van der Waals surface area contributed by atoms with Crippen molar-refractivity contribution in [2.75, 3.05) is 6.54 Å². The van der Waals surface area contributed by atoms with E-state index in [2.05, 4.69) is 5.32 Å². The van der Waals surface area contributed by atoms with Crippen LogP contribution in [0.2, 0.25) is 0 Å². The van der Waals surface area contributed by atoms with E-state index < -0.39 is 124 Å². The molecule has 4 saturated heterocycles. The minimum atomic E-state index is -2.02. The van der Waals surface area contributed by atoms with Crippen molar-refractivity contribution in [3.8, 4) is 0 Å². The number of Topliss-reactive ketones (excluding diaryl/α,β-unsaturated/α-hetero) is 1. The number of rotatable bonds is 3. The van der Waals surface area contributed by atoms with Gasteiger partial charge < -0.3 is 44.3 Å². The van der Waals surface area contributed by atoms with Crippen LogP contribution in [0.25, 0.3) is 0 Å². The molecule has 0 aromatic rings. The summed E-state index contributed by atoms with van der Waals surface area (Å²) in [6.45, 7) is 14.3. The summed E-state index contributed by atoms with van der Waals surface area (Å²) in [7, 11) is 0. The highest BCUT2D eigenvalue weighted by Crippen LogP contribution is 2.80. The fourth-order valence-corrected chi connectivity index (χ4v) is 14.2. The molecular formula is C37H51NO12. The molecule has 0 aromatic heterocycles. The van der Waals surface area contributed by atoms with E-state index in [0.717, 1.165) is 0 Å². The molecule has 1 spiro atoms. The predicted molar refractivity (Wildman–Crippen MR) is 169 cm³/mol. The van der Waals surface area contributed by atoms with Gasteiger partial charge in [-0.25, -0.2) is 4.79 Å². The summed E-state index contributed by atoms with van der Waals surface area (Å²) in [4.78, 5) is 54.8. The Labute approximate surface area is 291 Å². The third kappa shape index (κ3) is 3.48. The van der Waals surface area contributed by atoms with Crippen molar-refractivity contribution in [1.29, 1.82) is 0 Å². The van der Waals surface area contributed by atoms with Gasteiger partial charge in [-0.3, -0.25) is 14.4 Å². The third-order valence-corrected chi connectivity index (χ3v) is 16.5. The lowest BCUT2D eigenvalue weighted by Gasteiger charge is -2.66. The van der Waals surface area contributed by atoms with E-state index in [0.29, 0.717) is 13.0 Å². The van der Waals surface area contributed by atoms with Crippen LogP contribution >= 0.6 is 0 Å². The number of nitrogens with one attached hydrogen (secondary N) is 1. The van der Waals surface area contributed by atoms with E-state index >= 15 is 0 Å². The van der Waals surface area contributed by atoms with E-state index in [1.165, 1.54) is 20.8 Å². The van der Waals surface area contributed by atoms with Crippen LogP contribution in [0.4, 0.5) is 0 Å². The van der Waals surface area contributed by atoms with Gasteiger partial charge in [-0.15, -0.1) is 0 Å². The van der Waals surface area contributed by atoms with Gasteiger partial charge in [0.15, 0.2) is 5.60 Å². The smallest absolute Gasteiger partial charge is 0.341 e. The third-order valence-electron chi connectivity index (χ3n) is 16.5. The van der Waals surface area contributed by atoms with Crippen molar-refractivity contribution in [2.45, 2.75) is 128 Å². The van der Waals surface area contributed by atoms with Crippen molar-refractivity contribution in [1.82, 2.24) is 5.32 Å². The van der Waals surface area contributed by atoms with E-state index in [9.17, 15) is 34.5 Å². The summed E-state index contributed by atoms with van der Waals surface area (Å²) in [5, 5.41) is 41.0. The van der Waals surface area contributed by atoms with Gasteiger partial charge in [-0.2, -0.15) is 0 Å². The first-order chi connectivity index (χ1) is 23.3. The summed E-state index contributed by atoms with van der Waals surface area (Å²) in [5.74, 6) is -7.92. The highest BCUT2D eigenvalue weighted by Gasteiger charge is 2.92. The molecule has 13 nitrogen and oxygen atoms in total. The summed E-state index contributed by atoms with van der Waals surface area (Å²) in [6, 6.07) is -0.535. The number of fused-ring (bicyclic) bond motifs is 12. The number of aliphatic hydroxyl groups excluding tert-OH is 2. The van der Waals surface area contributed by atoms with Crippen LogP contribution in [-0.2, 0) is 42.9 Å². The highest BCUT2D eigenvalue weighted by atomic mass is 16.8. The Morgan fingerprint density at radius 1 is 1.00 bits per heavy atom. The zero-order valence-corrected chi connectivity index (χ0v) is 30.0. The molecule has 4 heterocycles. The lowest BCUT2D eigenvalue weighted by molar-refractivity contribution is -0.246. The maximum atomic E-state index is 14.4. The summed E-state index contributed by atoms with van der Waals surface area (Å²) in [6.07, 6.45) is -4.68. The molecule has 5 aliphatic carbocycles. The largest absolute Gasteiger partial charge is 0.462 e. The second-order valence-electron chi connectivity index (χ2n) is 18.3. The summed E-state index contributed by atoms with van der Waals surface area (Å²) in [5.41, 5.74) is -5.77. The molecule has 3 unspecified atom stereocenters. The number of aliphatic hydroxyl groups is 3. The molecule has 0 amide bonds. The standard InChI is InChI=1S/C37H51NO12/c1-12(2)16-11-38-25-18-9-19-27(47-19)29(42)36(18,14(4)39)17-10-20(46-15(5)40)33(6)22-13(3)30-37(49-30)34(7,35(8,45)32(44)50-37)24(22)26(41)23(33)21(17)28(25)48-31(16)43/h12-13,16-30,38,41-42,45H,9-11H2,1-8H3/t13-,16?,17?,18+,19-,20-,21?,22-,23+,24-,25-,26+,27-,28+,29-,30+,33+,34-,35+,36+,37-/m0/s1. The van der Waals surface area contributed by atoms with Gasteiger partial charge >= 0.3 is 17.9 Å². The van der Waals surface area contributed by atoms with Crippen molar-refractivity contribution < 1.29 is 58.2 Å². The maximum absolute atomic E-state index is 14.4. The fraction of sp³-hybridized carbons (Fsp3) is 0.892. The molecule has 9 fully saturated rings. The van der Waals surface area contributed by atoms with E-state index in [1.54, 1.807) is 6.92 Å². The second kappa shape index (κ2) is 9.87. The van der Waals surface area contributed by atoms with Crippen LogP contribution in [0.15, 0.2) is 0 Å². The first-order valence-corrected chi connectivity index (χ1v) is 18.6. The monoisotopic (exact) mass is 701 g/mol. The van der Waals surface area contributed by atoms with E-state index in [4.69, 9.17) is 23.7 Å². The number of epoxide rings is 2. The Bertz CT molecular complexity index is 1580. The van der Waals surface area contributed by atoms with Crippen LogP contribution in [0, 0.1) is 69.5 Å². The topological polar surface area (TPSA) is 194 Å². The Morgan fingerprint density at radius 2 is 1.70 bits per heavy atom. The van der Waals surface area contributed by atoms with Crippen LogP contribution in [-0.4, -0.2) is 106 Å². The summed E-state index contributed by atoms with van der Waals surface area (Å²) >= 11 is 0. The predicted octanol–water partition coefficient (Wildman–Crippen LogP) is 0.736. The van der Waals surface area contributed by atoms with Gasteiger partial charge in [0.2, 0.25) is 5.79 Å². The molecule has 0 bridgehead atoms. The quantitative estimate of drug-likeness (QED) is 0.183. The number of carbonyl (C=O) groups is 4. The molecule has 9 aliphatic rings. The minimum Gasteiger partial charge on any atom is -0.462 e. The SMILES string of the molecule is CC(=O)O[C@H]1CC2C([C@H]3OC(=O)C(C(C)C)CN[C@H]3[C@H]3C[C@@H]4O[C@@H]4[C@H](O)[C@]23C(C)=O)[C@@H]2[C@@H](O)[C@@H]3[C@H]([C@H](C)[C@H]4O[C@]45OC(=O)[C@@](C)(O)[C@]35C)[C@@]12C. The van der Waals surface area contributed by atoms with Crippen LogP contribution < -0.4 is 5.32 Å². The molecule has 4 aliphatic heterocycles. The maximum Gasteiger partial charge on any atom is 0.341 e. The molecule has 9 rings (SSSR count). The molecular weight excluding hydrogens is 650 g/mol. The molecule has 21 atom stereocenters. The first kappa shape index (κ1) is 33.7. The molecule has 0 radical (unpaired) electrons. The Balaban J connectivity index is 1.28. The molecule has 276 valence electrons. The Hall–Kier alpha value is -2.16. The molecule has 50 heavy (non-hydrogen) atoms. The fourth-order valence-electron chi connectivity index (χ4n) is 14.2. The normalized spacial score (nSPS) is 61.0. The van der Waals surface area contributed by atoms with Gasteiger partial charge in [0.05, 0.1) is 35.1 Å². The minimum absolute atomic E-state index is 0.0348. The van der Waals surface area contributed by atoms with Gasteiger partial charge in [0, 0.05) is 42.7 Å². The number of ketones is 1. The van der Waals surface area contributed by atoms with E-state index in [1.807, 2.05) is 27.7 Å². The molecule has 5 saturated carbocycles. The van der Waals surface area contributed by atoms with Crippen molar-refractivity contribution in [3.05, 3.63) is 0 Å². The van der Waals surface area contributed by atoms with Gasteiger partial charge in [0.1, 0.15) is 30.2 Å². The molecule has 13 heteroatoms. The molecule has 0 aromatic carbocycles. The summed E-state index contributed by atoms with van der Waals surface area (Å²) < 4.78 is 31.0. The van der Waals surface area contributed by atoms with Crippen molar-refractivity contribution >= 4 is 23.7 Å². The van der Waals surface area contributed by atoms with Crippen LogP contribution in [0.1, 0.15) is 68.2 Å². The molecule has 4 N–H and O–H groups in total. The van der Waals surface area contributed by atoms with Gasteiger partial charge in [-0.1, -0.05) is 27.7 Å². The van der Waals surface area contributed by atoms with Gasteiger partial charge in [-0.05, 0) is 63.2 Å². The highest BCUT2D eigenvalue weighted by molar-refractivity contribution is 5.86. The zero-order chi connectivity index (χ0) is 36.0. The Kier molecular flexibility index (Phi) is 6.65. The second-order valence-corrected chi connectivity index (χ2v) is 18.3. The number of hydrogen-bond donors (Lipinski definition) is 4. The van der Waals surface area contributed by atoms with Crippen LogP contribution in [0.5, 0.6) is 0 Å². The lowest BCUT2D eigenvalue weighted by Crippen LogP contribution is -2.75. The average molecular weight is 702 g/mol. The van der Waals surface area contributed by atoms with Crippen molar-refractivity contribution in [2.24, 2.45) is 69.5 Å². The average Bonchev–Trinajstić information content (AvgIpc) is 3.93. The number of ether oxygens (including phenoxy) is 5. The number of esters is 3. The number of carbonyl (C=O) groups excluding carboxylic acids is 4. The number of hydrogen-bond acceptors (Lipinski definition) is 13. The van der Waals surface area contributed by atoms with Gasteiger partial charge in [0.25, 0.3) is 0 Å². The van der Waals surface area contributed by atoms with Crippen LogP contribution in [0.3, 0.4) is 0 Å². The first-order valence-electron chi connectivity index (χ1n) is 18.6. The Morgan fingerprint density at radius 3 is 2.34 bits per heavy atom. The van der Waals surface area contributed by atoms with E-state index in [-0.39, 0.29) is 36.1 Å². The lowest BCUT2D eigenvalue weighted by atomic mass is 9.40. The van der Waals surface area contributed by atoms with Crippen molar-refractivity contribution in [3.63, 3.8) is 0 Å². The zero-order valence-electron chi connectivity index (χ0n) is 30.0.